The Bertz CT molecular complexity index is 405. The first-order valence-corrected chi connectivity index (χ1v) is 6.18. The Kier molecular flexibility index (Phi) is 4.00. The molecule has 2 atom stereocenters. The summed E-state index contributed by atoms with van der Waals surface area (Å²) in [5, 5.41) is 12.7. The zero-order chi connectivity index (χ0) is 12.1. The van der Waals surface area contributed by atoms with Crippen molar-refractivity contribution in [2.24, 2.45) is 5.92 Å². The molecule has 1 N–H and O–H groups in total. The monoisotopic (exact) mass is 230 g/mol. The molecule has 0 aliphatic carbocycles. The van der Waals surface area contributed by atoms with Crippen molar-refractivity contribution in [3.63, 3.8) is 0 Å². The summed E-state index contributed by atoms with van der Waals surface area (Å²) in [6.45, 7) is 4.59. The summed E-state index contributed by atoms with van der Waals surface area (Å²) in [5.74, 6) is 1.26. The molecule has 1 heterocycles. The molecule has 90 valence electrons. The van der Waals surface area contributed by atoms with Gasteiger partial charge in [-0.3, -0.25) is 0 Å². The van der Waals surface area contributed by atoms with Gasteiger partial charge in [-0.25, -0.2) is 0 Å². The molecule has 0 spiro atoms. The van der Waals surface area contributed by atoms with E-state index in [9.17, 15) is 5.26 Å². The maximum absolute atomic E-state index is 9.34. The second kappa shape index (κ2) is 5.70. The van der Waals surface area contributed by atoms with E-state index in [0.29, 0.717) is 12.5 Å². The van der Waals surface area contributed by atoms with Gasteiger partial charge in [0.15, 0.2) is 0 Å². The predicted octanol–water partition coefficient (Wildman–Crippen LogP) is 2.30. The van der Waals surface area contributed by atoms with Gasteiger partial charge in [0.05, 0.1) is 18.6 Å². The van der Waals surface area contributed by atoms with Gasteiger partial charge < -0.3 is 10.1 Å². The first-order chi connectivity index (χ1) is 8.35. The maximum Gasteiger partial charge on any atom is 0.119 e. The second-order valence-corrected chi connectivity index (χ2v) is 4.37. The molecule has 2 unspecified atom stereocenters. The molecule has 0 aromatic heterocycles. The number of hydrogen-bond acceptors (Lipinski definition) is 3. The van der Waals surface area contributed by atoms with E-state index >= 15 is 0 Å². The van der Waals surface area contributed by atoms with Crippen LogP contribution in [0.2, 0.25) is 0 Å². The van der Waals surface area contributed by atoms with E-state index in [1.54, 1.807) is 0 Å². The van der Waals surface area contributed by atoms with E-state index < -0.39 is 0 Å². The molecule has 1 aromatic carbocycles. The molecule has 3 nitrogen and oxygen atoms in total. The standard InChI is InChI=1S/C14H18N2O/c1-2-17-13-5-3-4-11(8-13)14(9-15)12-6-7-16-10-12/h3-5,8,12,14,16H,2,6-7,10H2,1H3. The Labute approximate surface area is 102 Å². The molecule has 17 heavy (non-hydrogen) atoms. The molecule has 0 saturated carbocycles. The predicted molar refractivity (Wildman–Crippen MR) is 66.9 cm³/mol. The van der Waals surface area contributed by atoms with Gasteiger partial charge in [-0.2, -0.15) is 5.26 Å². The third-order valence-corrected chi connectivity index (χ3v) is 3.24. The molecule has 0 amide bonds. The lowest BCUT2D eigenvalue weighted by molar-refractivity contribution is 0.339. The highest BCUT2D eigenvalue weighted by Crippen LogP contribution is 2.30. The van der Waals surface area contributed by atoms with Crippen molar-refractivity contribution < 1.29 is 4.74 Å². The maximum atomic E-state index is 9.34. The Hall–Kier alpha value is -1.53. The second-order valence-electron chi connectivity index (χ2n) is 4.37. The summed E-state index contributed by atoms with van der Waals surface area (Å²) in [6, 6.07) is 10.4. The Morgan fingerprint density at radius 2 is 2.47 bits per heavy atom. The first-order valence-electron chi connectivity index (χ1n) is 6.18. The average Bonchev–Trinajstić information content (AvgIpc) is 2.85. The highest BCUT2D eigenvalue weighted by atomic mass is 16.5. The van der Waals surface area contributed by atoms with Gasteiger partial charge in [0.25, 0.3) is 0 Å². The van der Waals surface area contributed by atoms with Crippen molar-refractivity contribution in [3.8, 4) is 11.8 Å². The van der Waals surface area contributed by atoms with Gasteiger partial charge in [0.1, 0.15) is 5.75 Å². The summed E-state index contributed by atoms with van der Waals surface area (Å²) in [6.07, 6.45) is 1.08. The minimum Gasteiger partial charge on any atom is -0.494 e. The van der Waals surface area contributed by atoms with Crippen LogP contribution in [0.5, 0.6) is 5.75 Å². The van der Waals surface area contributed by atoms with Crippen LogP contribution < -0.4 is 10.1 Å². The molecule has 0 radical (unpaired) electrons. The molecular weight excluding hydrogens is 212 g/mol. The third-order valence-electron chi connectivity index (χ3n) is 3.24. The fraction of sp³-hybridized carbons (Fsp3) is 0.500. The summed E-state index contributed by atoms with van der Waals surface area (Å²) < 4.78 is 5.48. The molecule has 3 heteroatoms. The van der Waals surface area contributed by atoms with E-state index in [1.165, 1.54) is 0 Å². The van der Waals surface area contributed by atoms with Crippen LogP contribution in [0.1, 0.15) is 24.8 Å². The molecule has 2 rings (SSSR count). The summed E-state index contributed by atoms with van der Waals surface area (Å²) in [5.41, 5.74) is 1.08. The van der Waals surface area contributed by atoms with Gasteiger partial charge in [-0.15, -0.1) is 0 Å². The van der Waals surface area contributed by atoms with Crippen LogP contribution in [0.3, 0.4) is 0 Å². The average molecular weight is 230 g/mol. The molecule has 1 aliphatic rings. The van der Waals surface area contributed by atoms with Crippen LogP contribution in [-0.2, 0) is 0 Å². The number of hydrogen-bond donors (Lipinski definition) is 1. The number of rotatable bonds is 4. The van der Waals surface area contributed by atoms with Crippen molar-refractivity contribution in [2.45, 2.75) is 19.3 Å². The van der Waals surface area contributed by atoms with Crippen LogP contribution in [0, 0.1) is 17.2 Å². The van der Waals surface area contributed by atoms with Crippen molar-refractivity contribution in [2.75, 3.05) is 19.7 Å². The van der Waals surface area contributed by atoms with E-state index in [4.69, 9.17) is 4.74 Å². The zero-order valence-electron chi connectivity index (χ0n) is 10.1. The van der Waals surface area contributed by atoms with Crippen LogP contribution in [0.4, 0.5) is 0 Å². The largest absolute Gasteiger partial charge is 0.494 e. The van der Waals surface area contributed by atoms with Crippen LogP contribution in [-0.4, -0.2) is 19.7 Å². The number of nitriles is 1. The minimum absolute atomic E-state index is 0.0228. The minimum atomic E-state index is -0.0228. The fourth-order valence-corrected chi connectivity index (χ4v) is 2.38. The van der Waals surface area contributed by atoms with Crippen molar-refractivity contribution in [1.82, 2.24) is 5.32 Å². The number of nitrogens with zero attached hydrogens (tertiary/aromatic N) is 1. The van der Waals surface area contributed by atoms with Gasteiger partial charge in [-0.1, -0.05) is 12.1 Å². The summed E-state index contributed by atoms with van der Waals surface area (Å²) in [4.78, 5) is 0. The third kappa shape index (κ3) is 2.78. The molecular formula is C14H18N2O. The van der Waals surface area contributed by atoms with Crippen LogP contribution in [0.25, 0.3) is 0 Å². The molecule has 1 fully saturated rings. The molecule has 1 aliphatic heterocycles. The lowest BCUT2D eigenvalue weighted by atomic mass is 9.86. The van der Waals surface area contributed by atoms with Crippen molar-refractivity contribution in [3.05, 3.63) is 29.8 Å². The fourth-order valence-electron chi connectivity index (χ4n) is 2.38. The summed E-state index contributed by atoms with van der Waals surface area (Å²) in [7, 11) is 0. The van der Waals surface area contributed by atoms with Crippen LogP contribution in [0.15, 0.2) is 24.3 Å². The Balaban J connectivity index is 2.18. The van der Waals surface area contributed by atoms with Gasteiger partial charge in [0, 0.05) is 0 Å². The van der Waals surface area contributed by atoms with Crippen molar-refractivity contribution in [1.29, 1.82) is 5.26 Å². The highest BCUT2D eigenvalue weighted by molar-refractivity contribution is 5.34. The number of benzene rings is 1. The smallest absolute Gasteiger partial charge is 0.119 e. The lowest BCUT2D eigenvalue weighted by Gasteiger charge is -2.16. The van der Waals surface area contributed by atoms with E-state index in [1.807, 2.05) is 31.2 Å². The highest BCUT2D eigenvalue weighted by Gasteiger charge is 2.26. The van der Waals surface area contributed by atoms with Crippen LogP contribution >= 0.6 is 0 Å². The van der Waals surface area contributed by atoms with Gasteiger partial charge >= 0.3 is 0 Å². The van der Waals surface area contributed by atoms with E-state index in [2.05, 4.69) is 11.4 Å². The molecule has 1 aromatic rings. The van der Waals surface area contributed by atoms with Gasteiger partial charge in [0.2, 0.25) is 0 Å². The Morgan fingerprint density at radius 3 is 3.12 bits per heavy atom. The topological polar surface area (TPSA) is 45.0 Å². The van der Waals surface area contributed by atoms with Gasteiger partial charge in [-0.05, 0) is 50.0 Å². The Morgan fingerprint density at radius 1 is 1.59 bits per heavy atom. The molecule has 0 bridgehead atoms. The van der Waals surface area contributed by atoms with E-state index in [0.717, 1.165) is 30.8 Å². The quantitative estimate of drug-likeness (QED) is 0.863. The first kappa shape index (κ1) is 11.9. The number of nitrogens with one attached hydrogen (secondary N) is 1. The SMILES string of the molecule is CCOc1cccc(C(C#N)C2CCNC2)c1. The molecule has 1 saturated heterocycles. The lowest BCUT2D eigenvalue weighted by Crippen LogP contribution is -2.15. The summed E-state index contributed by atoms with van der Waals surface area (Å²) >= 11 is 0. The van der Waals surface area contributed by atoms with Crippen molar-refractivity contribution >= 4 is 0 Å². The normalized spacial score (nSPS) is 20.8. The van der Waals surface area contributed by atoms with E-state index in [-0.39, 0.29) is 5.92 Å². The number of ether oxygens (including phenoxy) is 1. The zero-order valence-corrected chi connectivity index (χ0v) is 10.1.